The van der Waals surface area contributed by atoms with Gasteiger partial charge in [-0.15, -0.1) is 0 Å². The Morgan fingerprint density at radius 1 is 1.50 bits per heavy atom. The summed E-state index contributed by atoms with van der Waals surface area (Å²) >= 11 is 0. The van der Waals surface area contributed by atoms with Crippen LogP contribution in [0.15, 0.2) is 0 Å². The molecule has 3 heteroatoms. The maximum atomic E-state index is 7.13. The van der Waals surface area contributed by atoms with Crippen LogP contribution >= 0.6 is 0 Å². The van der Waals surface area contributed by atoms with E-state index in [1.165, 1.54) is 0 Å². The van der Waals surface area contributed by atoms with Crippen LogP contribution in [0, 0.1) is 12.3 Å². The molecule has 0 aliphatic carbocycles. The maximum absolute atomic E-state index is 7.13. The number of rotatable bonds is 7. The van der Waals surface area contributed by atoms with E-state index in [-0.39, 0.29) is 6.10 Å². The van der Waals surface area contributed by atoms with Gasteiger partial charge in [0.2, 0.25) is 0 Å². The Morgan fingerprint density at radius 2 is 2.17 bits per heavy atom. The van der Waals surface area contributed by atoms with Crippen LogP contribution in [0.1, 0.15) is 19.8 Å². The van der Waals surface area contributed by atoms with Crippen LogP contribution in [0.3, 0.4) is 0 Å². The van der Waals surface area contributed by atoms with Gasteiger partial charge in [-0.25, -0.2) is 0 Å². The summed E-state index contributed by atoms with van der Waals surface area (Å²) in [6.45, 7) is 6.88. The van der Waals surface area contributed by atoms with E-state index in [2.05, 4.69) is 6.92 Å². The summed E-state index contributed by atoms with van der Waals surface area (Å²) < 4.78 is 10.3. The molecule has 0 aliphatic heterocycles. The van der Waals surface area contributed by atoms with E-state index < -0.39 is 0 Å². The van der Waals surface area contributed by atoms with Crippen molar-refractivity contribution in [3.63, 3.8) is 0 Å². The van der Waals surface area contributed by atoms with Gasteiger partial charge < -0.3 is 14.9 Å². The highest BCUT2D eigenvalue weighted by atomic mass is 16.5. The lowest BCUT2D eigenvalue weighted by Gasteiger charge is -2.11. The van der Waals surface area contributed by atoms with Crippen molar-refractivity contribution < 1.29 is 9.47 Å². The highest BCUT2D eigenvalue weighted by Crippen LogP contribution is 1.98. The van der Waals surface area contributed by atoms with Crippen LogP contribution < -0.4 is 0 Å². The first kappa shape index (κ1) is 11.6. The molecular formula is C9H18NO2. The van der Waals surface area contributed by atoms with E-state index in [9.17, 15) is 0 Å². The summed E-state index contributed by atoms with van der Waals surface area (Å²) in [6.07, 6.45) is 1.63. The molecule has 12 heavy (non-hydrogen) atoms. The predicted molar refractivity (Wildman–Crippen MR) is 49.6 cm³/mol. The molecule has 0 aliphatic rings. The van der Waals surface area contributed by atoms with Gasteiger partial charge in [-0.3, -0.25) is 0 Å². The van der Waals surface area contributed by atoms with Crippen LogP contribution in [0.2, 0.25) is 0 Å². The van der Waals surface area contributed by atoms with Gasteiger partial charge in [0.05, 0.1) is 6.10 Å². The van der Waals surface area contributed by atoms with E-state index in [0.29, 0.717) is 18.7 Å². The van der Waals surface area contributed by atoms with Crippen LogP contribution in [-0.2, 0) is 9.47 Å². The summed E-state index contributed by atoms with van der Waals surface area (Å²) in [5, 5.41) is 7.13. The first-order valence-electron chi connectivity index (χ1n) is 4.16. The van der Waals surface area contributed by atoms with Gasteiger partial charge in [-0.05, 0) is 20.3 Å². The molecule has 0 amide bonds. The fourth-order valence-electron chi connectivity index (χ4n) is 0.894. The van der Waals surface area contributed by atoms with Crippen molar-refractivity contribution in [2.45, 2.75) is 25.9 Å². The van der Waals surface area contributed by atoms with Crippen molar-refractivity contribution >= 4 is 5.71 Å². The molecule has 0 heterocycles. The van der Waals surface area contributed by atoms with E-state index >= 15 is 0 Å². The first-order chi connectivity index (χ1) is 5.66. The zero-order valence-corrected chi connectivity index (χ0v) is 7.93. The molecule has 1 atom stereocenters. The van der Waals surface area contributed by atoms with Crippen molar-refractivity contribution in [1.29, 1.82) is 5.41 Å². The second kappa shape index (κ2) is 7.25. The van der Waals surface area contributed by atoms with Crippen LogP contribution in [-0.4, -0.2) is 32.1 Å². The summed E-state index contributed by atoms with van der Waals surface area (Å²) in [5.41, 5.74) is 0.425. The minimum Gasteiger partial charge on any atom is -0.385 e. The van der Waals surface area contributed by atoms with E-state index in [0.717, 1.165) is 13.0 Å². The quantitative estimate of drug-likeness (QED) is 0.469. The molecule has 0 rings (SSSR count). The standard InChI is InChI=1S/C9H18NO2/c1-8(10)7-9(2)12-6-4-5-11-3/h9-10H,1,4-7H2,2-3H3. The Kier molecular flexibility index (Phi) is 7.00. The lowest BCUT2D eigenvalue weighted by molar-refractivity contribution is 0.0546. The van der Waals surface area contributed by atoms with E-state index in [1.54, 1.807) is 7.11 Å². The molecule has 1 radical (unpaired) electrons. The Morgan fingerprint density at radius 3 is 2.67 bits per heavy atom. The van der Waals surface area contributed by atoms with Crippen LogP contribution in [0.5, 0.6) is 0 Å². The number of methoxy groups -OCH3 is 1. The summed E-state index contributed by atoms with van der Waals surface area (Å²) in [5.74, 6) is 0. The molecule has 71 valence electrons. The molecule has 0 spiro atoms. The van der Waals surface area contributed by atoms with Gasteiger partial charge in [0.15, 0.2) is 0 Å². The highest BCUT2D eigenvalue weighted by Gasteiger charge is 2.02. The molecule has 3 nitrogen and oxygen atoms in total. The van der Waals surface area contributed by atoms with Crippen molar-refractivity contribution in [3.05, 3.63) is 6.92 Å². The summed E-state index contributed by atoms with van der Waals surface area (Å²) in [7, 11) is 1.68. The Labute approximate surface area is 74.6 Å². The topological polar surface area (TPSA) is 42.3 Å². The van der Waals surface area contributed by atoms with Gasteiger partial charge in [0.25, 0.3) is 0 Å². The average Bonchev–Trinajstić information content (AvgIpc) is 1.97. The second-order valence-corrected chi connectivity index (χ2v) is 2.84. The fourth-order valence-corrected chi connectivity index (χ4v) is 0.894. The number of hydrogen-bond acceptors (Lipinski definition) is 3. The van der Waals surface area contributed by atoms with E-state index in [1.807, 2.05) is 6.92 Å². The zero-order valence-electron chi connectivity index (χ0n) is 7.93. The molecular weight excluding hydrogens is 154 g/mol. The second-order valence-electron chi connectivity index (χ2n) is 2.84. The molecule has 1 N–H and O–H groups in total. The molecule has 0 fully saturated rings. The maximum Gasteiger partial charge on any atom is 0.0598 e. The monoisotopic (exact) mass is 172 g/mol. The van der Waals surface area contributed by atoms with Crippen molar-refractivity contribution in [3.8, 4) is 0 Å². The number of nitrogens with one attached hydrogen (secondary N) is 1. The first-order valence-corrected chi connectivity index (χ1v) is 4.16. The Bertz CT molecular complexity index is 126. The lowest BCUT2D eigenvalue weighted by atomic mass is 10.2. The van der Waals surface area contributed by atoms with Crippen LogP contribution in [0.25, 0.3) is 0 Å². The fraction of sp³-hybridized carbons (Fsp3) is 0.778. The minimum atomic E-state index is 0.104. The summed E-state index contributed by atoms with van der Waals surface area (Å²) in [6, 6.07) is 0. The normalized spacial score (nSPS) is 12.9. The molecule has 0 aromatic rings. The van der Waals surface area contributed by atoms with Crippen molar-refractivity contribution in [2.75, 3.05) is 20.3 Å². The van der Waals surface area contributed by atoms with E-state index in [4.69, 9.17) is 14.9 Å². The lowest BCUT2D eigenvalue weighted by Crippen LogP contribution is -2.13. The molecule has 0 aromatic heterocycles. The SMILES string of the molecule is [CH2]C(=N)CC(C)OCCCOC. The number of ether oxygens (including phenoxy) is 2. The third kappa shape index (κ3) is 7.69. The average molecular weight is 172 g/mol. The van der Waals surface area contributed by atoms with Gasteiger partial charge in [0, 0.05) is 32.5 Å². The Hall–Kier alpha value is -0.410. The van der Waals surface area contributed by atoms with Gasteiger partial charge in [-0.1, -0.05) is 0 Å². The number of hydrogen-bond donors (Lipinski definition) is 1. The molecule has 0 bridgehead atoms. The minimum absolute atomic E-state index is 0.104. The predicted octanol–water partition coefficient (Wildman–Crippen LogP) is 1.67. The largest absolute Gasteiger partial charge is 0.385 e. The van der Waals surface area contributed by atoms with Crippen molar-refractivity contribution in [1.82, 2.24) is 0 Å². The smallest absolute Gasteiger partial charge is 0.0598 e. The third-order valence-electron chi connectivity index (χ3n) is 1.43. The van der Waals surface area contributed by atoms with Crippen LogP contribution in [0.4, 0.5) is 0 Å². The molecule has 0 saturated carbocycles. The van der Waals surface area contributed by atoms with Gasteiger partial charge in [-0.2, -0.15) is 0 Å². The van der Waals surface area contributed by atoms with Gasteiger partial charge in [0.1, 0.15) is 0 Å². The zero-order chi connectivity index (χ0) is 9.40. The third-order valence-corrected chi connectivity index (χ3v) is 1.43. The van der Waals surface area contributed by atoms with Crippen molar-refractivity contribution in [2.24, 2.45) is 0 Å². The van der Waals surface area contributed by atoms with Gasteiger partial charge >= 0.3 is 0 Å². The highest BCUT2D eigenvalue weighted by molar-refractivity contribution is 5.85. The Balaban J connectivity index is 3.19. The molecule has 1 unspecified atom stereocenters. The summed E-state index contributed by atoms with van der Waals surface area (Å²) in [4.78, 5) is 0. The molecule has 0 aromatic carbocycles. The molecule has 0 saturated heterocycles.